The van der Waals surface area contributed by atoms with E-state index in [1.165, 1.54) is 0 Å². The van der Waals surface area contributed by atoms with Crippen LogP contribution in [0.4, 0.5) is 11.8 Å². The molecule has 2 rings (SSSR count). The number of nitrogen functional groups attached to an aromatic ring is 1. The van der Waals surface area contributed by atoms with Crippen LogP contribution >= 0.6 is 0 Å². The molecule has 100 valence electrons. The molecule has 0 spiro atoms. The Bertz CT molecular complexity index is 393. The Morgan fingerprint density at radius 2 is 2.28 bits per heavy atom. The number of nitrogens with two attached hydrogens (primary N) is 2. The maximum atomic E-state index is 6.00. The Morgan fingerprint density at radius 3 is 3.00 bits per heavy atom. The molecule has 1 unspecified atom stereocenters. The molecular formula is C13H23N5. The van der Waals surface area contributed by atoms with Crippen LogP contribution in [0.2, 0.25) is 0 Å². The first-order valence-corrected chi connectivity index (χ1v) is 6.83. The third-order valence-electron chi connectivity index (χ3n) is 3.35. The van der Waals surface area contributed by atoms with Crippen molar-refractivity contribution in [3.05, 3.63) is 11.8 Å². The number of nitrogens with zero attached hydrogens (tertiary/aromatic N) is 3. The van der Waals surface area contributed by atoms with E-state index in [4.69, 9.17) is 11.5 Å². The molecule has 1 aromatic rings. The van der Waals surface area contributed by atoms with E-state index in [0.717, 1.165) is 56.7 Å². The number of hydrogen-bond acceptors (Lipinski definition) is 5. The van der Waals surface area contributed by atoms with Crippen LogP contribution in [0.1, 0.15) is 38.3 Å². The smallest absolute Gasteiger partial charge is 0.222 e. The molecular weight excluding hydrogens is 226 g/mol. The van der Waals surface area contributed by atoms with Gasteiger partial charge in [-0.3, -0.25) is 0 Å². The first-order valence-electron chi connectivity index (χ1n) is 6.83. The second-order valence-electron chi connectivity index (χ2n) is 5.03. The lowest BCUT2D eigenvalue weighted by Gasteiger charge is -2.31. The zero-order valence-corrected chi connectivity index (χ0v) is 11.1. The minimum Gasteiger partial charge on any atom is -0.368 e. The average molecular weight is 249 g/mol. The summed E-state index contributed by atoms with van der Waals surface area (Å²) in [6.07, 6.45) is 5.48. The molecule has 4 N–H and O–H groups in total. The molecule has 18 heavy (non-hydrogen) atoms. The minimum absolute atomic E-state index is 0.244. The third kappa shape index (κ3) is 3.32. The van der Waals surface area contributed by atoms with Crippen LogP contribution in [0.5, 0.6) is 0 Å². The van der Waals surface area contributed by atoms with Crippen LogP contribution in [0.15, 0.2) is 6.07 Å². The highest BCUT2D eigenvalue weighted by Crippen LogP contribution is 2.19. The highest BCUT2D eigenvalue weighted by molar-refractivity contribution is 5.44. The van der Waals surface area contributed by atoms with Gasteiger partial charge in [-0.1, -0.05) is 13.3 Å². The first kappa shape index (κ1) is 13.1. The predicted octanol–water partition coefficient (Wildman–Crippen LogP) is 1.33. The quantitative estimate of drug-likeness (QED) is 0.841. The summed E-state index contributed by atoms with van der Waals surface area (Å²) < 4.78 is 0. The number of piperidine rings is 1. The van der Waals surface area contributed by atoms with Crippen molar-refractivity contribution in [2.45, 2.75) is 45.1 Å². The molecule has 0 aromatic carbocycles. The zero-order chi connectivity index (χ0) is 13.0. The number of hydrogen-bond donors (Lipinski definition) is 2. The van der Waals surface area contributed by atoms with Gasteiger partial charge in [0.05, 0.1) is 0 Å². The van der Waals surface area contributed by atoms with Crippen molar-refractivity contribution < 1.29 is 0 Å². The Kier molecular flexibility index (Phi) is 4.36. The number of aryl methyl sites for hydroxylation is 1. The van der Waals surface area contributed by atoms with Gasteiger partial charge in [0.1, 0.15) is 5.82 Å². The normalized spacial score (nSPS) is 20.1. The molecule has 2 heterocycles. The second-order valence-corrected chi connectivity index (χ2v) is 5.03. The lowest BCUT2D eigenvalue weighted by molar-refractivity contribution is 0.503. The van der Waals surface area contributed by atoms with Crippen molar-refractivity contribution in [1.82, 2.24) is 9.97 Å². The molecule has 1 fully saturated rings. The van der Waals surface area contributed by atoms with Gasteiger partial charge < -0.3 is 16.4 Å². The van der Waals surface area contributed by atoms with E-state index < -0.39 is 0 Å². The Balaban J connectivity index is 2.13. The van der Waals surface area contributed by atoms with E-state index in [-0.39, 0.29) is 6.04 Å². The minimum atomic E-state index is 0.244. The molecule has 1 aliphatic heterocycles. The van der Waals surface area contributed by atoms with Crippen LogP contribution in [-0.2, 0) is 6.42 Å². The molecule has 1 atom stereocenters. The lowest BCUT2D eigenvalue weighted by Crippen LogP contribution is -2.43. The molecule has 5 heteroatoms. The summed E-state index contributed by atoms with van der Waals surface area (Å²) in [5.41, 5.74) is 12.8. The fraction of sp³-hybridized carbons (Fsp3) is 0.692. The van der Waals surface area contributed by atoms with E-state index in [1.54, 1.807) is 0 Å². The van der Waals surface area contributed by atoms with E-state index in [0.29, 0.717) is 5.95 Å². The van der Waals surface area contributed by atoms with Gasteiger partial charge in [-0.2, -0.15) is 4.98 Å². The van der Waals surface area contributed by atoms with Crippen LogP contribution in [-0.4, -0.2) is 29.1 Å². The second kappa shape index (κ2) is 6.00. The van der Waals surface area contributed by atoms with Gasteiger partial charge in [-0.15, -0.1) is 0 Å². The van der Waals surface area contributed by atoms with Gasteiger partial charge in [-0.05, 0) is 25.7 Å². The highest BCUT2D eigenvalue weighted by Gasteiger charge is 2.18. The number of unbranched alkanes of at least 4 members (excludes halogenated alkanes) is 1. The molecule has 0 amide bonds. The third-order valence-corrected chi connectivity index (χ3v) is 3.35. The van der Waals surface area contributed by atoms with Gasteiger partial charge in [-0.25, -0.2) is 4.98 Å². The topological polar surface area (TPSA) is 81.1 Å². The first-order chi connectivity index (χ1) is 8.69. The Hall–Kier alpha value is -1.36. The average Bonchev–Trinajstić information content (AvgIpc) is 2.36. The summed E-state index contributed by atoms with van der Waals surface area (Å²) in [7, 11) is 0. The highest BCUT2D eigenvalue weighted by atomic mass is 15.2. The van der Waals surface area contributed by atoms with Crippen molar-refractivity contribution in [2.24, 2.45) is 5.73 Å². The molecule has 1 aliphatic rings. The maximum absolute atomic E-state index is 6.00. The lowest BCUT2D eigenvalue weighted by atomic mass is 10.1. The van der Waals surface area contributed by atoms with E-state index >= 15 is 0 Å². The Labute approximate surface area is 109 Å². The number of anilines is 2. The monoisotopic (exact) mass is 249 g/mol. The standard InChI is InChI=1S/C13H23N5/c1-2-3-6-11-8-12(17-13(15)16-11)18-7-4-5-10(14)9-18/h8,10H,2-7,9,14H2,1H3,(H2,15,16,17). The fourth-order valence-electron chi connectivity index (χ4n) is 2.37. The van der Waals surface area contributed by atoms with Crippen molar-refractivity contribution in [2.75, 3.05) is 23.7 Å². The van der Waals surface area contributed by atoms with E-state index in [9.17, 15) is 0 Å². The SMILES string of the molecule is CCCCc1cc(N2CCCC(N)C2)nc(N)n1. The maximum Gasteiger partial charge on any atom is 0.222 e. The van der Waals surface area contributed by atoms with Crippen LogP contribution in [0.25, 0.3) is 0 Å². The molecule has 0 radical (unpaired) electrons. The van der Waals surface area contributed by atoms with Crippen LogP contribution in [0.3, 0.4) is 0 Å². The molecule has 0 aliphatic carbocycles. The van der Waals surface area contributed by atoms with Crippen molar-refractivity contribution in [3.8, 4) is 0 Å². The summed E-state index contributed by atoms with van der Waals surface area (Å²) >= 11 is 0. The predicted molar refractivity (Wildman–Crippen MR) is 74.5 cm³/mol. The van der Waals surface area contributed by atoms with Gasteiger partial charge >= 0.3 is 0 Å². The molecule has 0 saturated carbocycles. The van der Waals surface area contributed by atoms with E-state index in [2.05, 4.69) is 27.9 Å². The van der Waals surface area contributed by atoms with Crippen LogP contribution < -0.4 is 16.4 Å². The van der Waals surface area contributed by atoms with Crippen molar-refractivity contribution >= 4 is 11.8 Å². The summed E-state index contributed by atoms with van der Waals surface area (Å²) in [4.78, 5) is 10.9. The zero-order valence-electron chi connectivity index (χ0n) is 11.1. The Morgan fingerprint density at radius 1 is 1.44 bits per heavy atom. The van der Waals surface area contributed by atoms with Gasteiger partial charge in [0.25, 0.3) is 0 Å². The molecule has 1 aromatic heterocycles. The molecule has 0 bridgehead atoms. The van der Waals surface area contributed by atoms with Gasteiger partial charge in [0.15, 0.2) is 0 Å². The fourth-order valence-corrected chi connectivity index (χ4v) is 2.37. The van der Waals surface area contributed by atoms with Gasteiger partial charge in [0.2, 0.25) is 5.95 Å². The summed E-state index contributed by atoms with van der Waals surface area (Å²) in [5.74, 6) is 1.31. The number of rotatable bonds is 4. The summed E-state index contributed by atoms with van der Waals surface area (Å²) in [6, 6.07) is 2.30. The van der Waals surface area contributed by atoms with Crippen molar-refractivity contribution in [3.63, 3.8) is 0 Å². The van der Waals surface area contributed by atoms with Crippen LogP contribution in [0, 0.1) is 0 Å². The molecule has 5 nitrogen and oxygen atoms in total. The van der Waals surface area contributed by atoms with Gasteiger partial charge in [0, 0.05) is 30.9 Å². The summed E-state index contributed by atoms with van der Waals surface area (Å²) in [5, 5.41) is 0. The summed E-state index contributed by atoms with van der Waals surface area (Å²) in [6.45, 7) is 4.05. The largest absolute Gasteiger partial charge is 0.368 e. The van der Waals surface area contributed by atoms with E-state index in [1.807, 2.05) is 0 Å². The number of aromatic nitrogens is 2. The van der Waals surface area contributed by atoms with Crippen molar-refractivity contribution in [1.29, 1.82) is 0 Å². The molecule has 1 saturated heterocycles.